The number of ether oxygens (including phenoxy) is 1. The van der Waals surface area contributed by atoms with E-state index in [1.54, 1.807) is 19.2 Å². The highest BCUT2D eigenvalue weighted by atomic mass is 79.9. The minimum absolute atomic E-state index is 0.0362. The molecule has 0 amide bonds. The molecule has 0 aliphatic heterocycles. The highest BCUT2D eigenvalue weighted by molar-refractivity contribution is 9.09. The predicted octanol–water partition coefficient (Wildman–Crippen LogP) is 6.20. The van der Waals surface area contributed by atoms with E-state index >= 15 is 0 Å². The summed E-state index contributed by atoms with van der Waals surface area (Å²) in [6.45, 7) is 0. The molecule has 1 aromatic carbocycles. The highest BCUT2D eigenvalue weighted by Crippen LogP contribution is 2.42. The van der Waals surface area contributed by atoms with Crippen LogP contribution in [0, 0.1) is 0 Å². The first kappa shape index (κ1) is 14.5. The molecule has 1 nitrogen and oxygen atoms in total. The molecule has 0 fully saturated rings. The van der Waals surface area contributed by atoms with Gasteiger partial charge in [0.25, 0.3) is 0 Å². The van der Waals surface area contributed by atoms with Gasteiger partial charge in [-0.05, 0) is 23.8 Å². The summed E-state index contributed by atoms with van der Waals surface area (Å²) < 4.78 is 5.86. The van der Waals surface area contributed by atoms with Crippen molar-refractivity contribution in [2.45, 2.75) is 4.83 Å². The molecule has 18 heavy (non-hydrogen) atoms. The van der Waals surface area contributed by atoms with Crippen molar-refractivity contribution in [3.8, 4) is 5.75 Å². The van der Waals surface area contributed by atoms with Gasteiger partial charge in [-0.3, -0.25) is 0 Å². The summed E-state index contributed by atoms with van der Waals surface area (Å²) in [5, 5.41) is 1.13. The van der Waals surface area contributed by atoms with E-state index in [0.717, 1.165) is 14.8 Å². The van der Waals surface area contributed by atoms with Crippen LogP contribution in [-0.2, 0) is 0 Å². The topological polar surface area (TPSA) is 9.23 Å². The molecular formula is C12H8BrCl3OS. The summed E-state index contributed by atoms with van der Waals surface area (Å²) in [4.78, 5) is 1.04. The lowest BCUT2D eigenvalue weighted by molar-refractivity contribution is 0.415. The summed E-state index contributed by atoms with van der Waals surface area (Å²) in [5.74, 6) is 0.564. The van der Waals surface area contributed by atoms with Crippen LogP contribution in [-0.4, -0.2) is 7.11 Å². The van der Waals surface area contributed by atoms with Crippen LogP contribution in [0.15, 0.2) is 24.3 Å². The molecule has 0 saturated carbocycles. The van der Waals surface area contributed by atoms with Crippen LogP contribution < -0.4 is 4.74 Å². The van der Waals surface area contributed by atoms with Crippen molar-refractivity contribution in [3.05, 3.63) is 49.1 Å². The molecule has 96 valence electrons. The van der Waals surface area contributed by atoms with Crippen molar-refractivity contribution in [2.75, 3.05) is 7.11 Å². The van der Waals surface area contributed by atoms with Crippen LogP contribution in [0.25, 0.3) is 0 Å². The third-order valence-corrected chi connectivity index (χ3v) is 5.60. The van der Waals surface area contributed by atoms with Crippen LogP contribution in [0.5, 0.6) is 5.75 Å². The van der Waals surface area contributed by atoms with E-state index in [2.05, 4.69) is 15.9 Å². The molecule has 6 heteroatoms. The Balaban J connectivity index is 2.42. The van der Waals surface area contributed by atoms with Crippen LogP contribution in [0.4, 0.5) is 0 Å². The minimum Gasteiger partial charge on any atom is -0.495 e. The maximum atomic E-state index is 6.23. The maximum Gasteiger partial charge on any atom is 0.138 e. The van der Waals surface area contributed by atoms with E-state index < -0.39 is 0 Å². The third-order valence-electron chi connectivity index (χ3n) is 2.39. The fraction of sp³-hybridized carbons (Fsp3) is 0.167. The van der Waals surface area contributed by atoms with Gasteiger partial charge in [0.2, 0.25) is 0 Å². The van der Waals surface area contributed by atoms with E-state index in [0.29, 0.717) is 15.8 Å². The first-order valence-corrected chi connectivity index (χ1v) is 7.81. The van der Waals surface area contributed by atoms with Crippen LogP contribution in [0.3, 0.4) is 0 Å². The van der Waals surface area contributed by atoms with Crippen LogP contribution >= 0.6 is 62.1 Å². The van der Waals surface area contributed by atoms with E-state index in [-0.39, 0.29) is 4.83 Å². The molecule has 1 unspecified atom stereocenters. The Kier molecular flexibility index (Phi) is 4.84. The first-order valence-electron chi connectivity index (χ1n) is 4.95. The monoisotopic (exact) mass is 384 g/mol. The number of methoxy groups -OCH3 is 1. The molecule has 1 atom stereocenters. The van der Waals surface area contributed by atoms with Gasteiger partial charge < -0.3 is 4.74 Å². The van der Waals surface area contributed by atoms with Gasteiger partial charge in [-0.25, -0.2) is 0 Å². The van der Waals surface area contributed by atoms with Crippen molar-refractivity contribution < 1.29 is 4.74 Å². The second-order valence-corrected chi connectivity index (χ2v) is 6.99. The van der Waals surface area contributed by atoms with Crippen molar-refractivity contribution in [3.63, 3.8) is 0 Å². The number of benzene rings is 1. The van der Waals surface area contributed by atoms with E-state index in [1.807, 2.05) is 12.1 Å². The largest absolute Gasteiger partial charge is 0.495 e. The van der Waals surface area contributed by atoms with Gasteiger partial charge in [0.05, 0.1) is 21.3 Å². The van der Waals surface area contributed by atoms with Crippen LogP contribution in [0.2, 0.25) is 14.4 Å². The molecule has 0 bridgehead atoms. The molecule has 2 aromatic rings. The Morgan fingerprint density at radius 3 is 2.44 bits per heavy atom. The summed E-state index contributed by atoms with van der Waals surface area (Å²) in [7, 11) is 1.56. The zero-order valence-electron chi connectivity index (χ0n) is 9.22. The highest BCUT2D eigenvalue weighted by Gasteiger charge is 2.18. The Morgan fingerprint density at radius 1 is 1.17 bits per heavy atom. The van der Waals surface area contributed by atoms with Gasteiger partial charge in [-0.15, -0.1) is 11.3 Å². The molecule has 2 rings (SSSR count). The Labute approximate surface area is 133 Å². The van der Waals surface area contributed by atoms with Crippen molar-refractivity contribution in [1.82, 2.24) is 0 Å². The van der Waals surface area contributed by atoms with E-state index in [9.17, 15) is 0 Å². The van der Waals surface area contributed by atoms with Gasteiger partial charge in [-0.1, -0.05) is 50.7 Å². The van der Waals surface area contributed by atoms with Gasteiger partial charge >= 0.3 is 0 Å². The zero-order valence-corrected chi connectivity index (χ0v) is 13.9. The summed E-state index contributed by atoms with van der Waals surface area (Å²) >= 11 is 23.4. The quantitative estimate of drug-likeness (QED) is 0.571. The number of thiophene rings is 1. The number of alkyl halides is 1. The fourth-order valence-corrected chi connectivity index (χ4v) is 4.03. The van der Waals surface area contributed by atoms with E-state index in [4.69, 9.17) is 39.5 Å². The normalized spacial score (nSPS) is 12.5. The van der Waals surface area contributed by atoms with Crippen molar-refractivity contribution in [2.24, 2.45) is 0 Å². The lowest BCUT2D eigenvalue weighted by Gasteiger charge is -2.13. The number of hydrogen-bond donors (Lipinski definition) is 0. The van der Waals surface area contributed by atoms with Crippen molar-refractivity contribution >= 4 is 62.1 Å². The molecule has 0 N–H and O–H groups in total. The SMILES string of the molecule is COc1cc(Cl)c(C(Br)c2ccc(Cl)s2)cc1Cl. The minimum atomic E-state index is -0.0362. The molecule has 0 spiro atoms. The van der Waals surface area contributed by atoms with Crippen molar-refractivity contribution in [1.29, 1.82) is 0 Å². The molecular weight excluding hydrogens is 378 g/mol. The summed E-state index contributed by atoms with van der Waals surface area (Å²) in [5.41, 5.74) is 0.890. The lowest BCUT2D eigenvalue weighted by Crippen LogP contribution is -1.93. The molecule has 1 aromatic heterocycles. The smallest absolute Gasteiger partial charge is 0.138 e. The Morgan fingerprint density at radius 2 is 1.89 bits per heavy atom. The second-order valence-electron chi connectivity index (χ2n) is 3.51. The number of rotatable bonds is 3. The predicted molar refractivity (Wildman–Crippen MR) is 83.1 cm³/mol. The molecule has 0 radical (unpaired) electrons. The van der Waals surface area contributed by atoms with Crippen LogP contribution in [0.1, 0.15) is 15.3 Å². The Bertz CT molecular complexity index is 570. The maximum absolute atomic E-state index is 6.23. The fourth-order valence-electron chi connectivity index (χ4n) is 1.51. The lowest BCUT2D eigenvalue weighted by atomic mass is 10.1. The standard InChI is InChI=1S/C12H8BrCl3OS/c1-17-9-5-7(14)6(4-8(9)15)12(13)10-2-3-11(16)18-10/h2-5,12H,1H3. The first-order chi connectivity index (χ1) is 8.52. The van der Waals surface area contributed by atoms with Gasteiger partial charge in [-0.2, -0.15) is 0 Å². The molecule has 0 aliphatic rings. The molecule has 0 aliphatic carbocycles. The Hall–Kier alpha value is 0.0700. The average Bonchev–Trinajstić information content (AvgIpc) is 2.77. The summed E-state index contributed by atoms with van der Waals surface area (Å²) in [6.07, 6.45) is 0. The number of hydrogen-bond acceptors (Lipinski definition) is 2. The van der Waals surface area contributed by atoms with Gasteiger partial charge in [0.15, 0.2) is 0 Å². The summed E-state index contributed by atoms with van der Waals surface area (Å²) in [6, 6.07) is 7.33. The third kappa shape index (κ3) is 2.97. The zero-order chi connectivity index (χ0) is 13.3. The average molecular weight is 387 g/mol. The van der Waals surface area contributed by atoms with Gasteiger partial charge in [0.1, 0.15) is 5.75 Å². The van der Waals surface area contributed by atoms with Gasteiger partial charge in [0, 0.05) is 16.0 Å². The second kappa shape index (κ2) is 6.02. The molecule has 0 saturated heterocycles. The number of halogens is 4. The van der Waals surface area contributed by atoms with E-state index in [1.165, 1.54) is 11.3 Å². The molecule has 1 heterocycles.